The van der Waals surface area contributed by atoms with Crippen molar-refractivity contribution in [2.45, 2.75) is 57.7 Å². The number of hydrogen-bond acceptors (Lipinski definition) is 5. The number of nitrogens with zero attached hydrogens (tertiary/aromatic N) is 1. The third-order valence-corrected chi connectivity index (χ3v) is 3.87. The molecule has 2 rings (SSSR count). The van der Waals surface area contributed by atoms with E-state index in [1.54, 1.807) is 0 Å². The molecule has 0 aromatic rings. The quantitative estimate of drug-likeness (QED) is 0.742. The molecule has 1 atom stereocenters. The molecule has 0 radical (unpaired) electrons. The summed E-state index contributed by atoms with van der Waals surface area (Å²) in [6.07, 6.45) is 2.31. The number of esters is 1. The molecule has 20 heavy (non-hydrogen) atoms. The van der Waals surface area contributed by atoms with Crippen LogP contribution in [0.3, 0.4) is 0 Å². The van der Waals surface area contributed by atoms with Gasteiger partial charge in [-0.05, 0) is 40.5 Å². The van der Waals surface area contributed by atoms with E-state index < -0.39 is 5.54 Å². The molecule has 0 aromatic heterocycles. The number of rotatable bonds is 6. The largest absolute Gasteiger partial charge is 0.465 e. The fraction of sp³-hybridized carbons (Fsp3) is 0.933. The van der Waals surface area contributed by atoms with Gasteiger partial charge in [-0.15, -0.1) is 0 Å². The minimum Gasteiger partial charge on any atom is -0.465 e. The Balaban J connectivity index is 2.00. The minimum atomic E-state index is -0.620. The lowest BCUT2D eigenvalue weighted by atomic mass is 9.99. The zero-order valence-corrected chi connectivity index (χ0v) is 13.2. The van der Waals surface area contributed by atoms with E-state index in [1.165, 1.54) is 0 Å². The first-order valence-corrected chi connectivity index (χ1v) is 7.66. The van der Waals surface area contributed by atoms with Crippen LogP contribution < -0.4 is 5.32 Å². The van der Waals surface area contributed by atoms with Crippen molar-refractivity contribution in [1.29, 1.82) is 0 Å². The predicted octanol–water partition coefficient (Wildman–Crippen LogP) is 1.17. The van der Waals surface area contributed by atoms with Crippen LogP contribution in [0.5, 0.6) is 0 Å². The van der Waals surface area contributed by atoms with Crippen molar-refractivity contribution in [2.75, 3.05) is 32.8 Å². The summed E-state index contributed by atoms with van der Waals surface area (Å²) in [6.45, 7) is 11.5. The second-order valence-electron chi connectivity index (χ2n) is 6.79. The van der Waals surface area contributed by atoms with Crippen LogP contribution in [0.2, 0.25) is 0 Å². The summed E-state index contributed by atoms with van der Waals surface area (Å²) in [7, 11) is 0. The standard InChI is InChI=1S/C15H28N2O3/c1-5-19-13(18)15(4,16-12-6-7-12)11-17-8-9-20-14(2,3)10-17/h12,16H,5-11H2,1-4H3. The topological polar surface area (TPSA) is 50.8 Å². The maximum absolute atomic E-state index is 12.3. The second kappa shape index (κ2) is 6.00. The third-order valence-electron chi connectivity index (χ3n) is 3.87. The first-order chi connectivity index (χ1) is 9.35. The molecule has 1 heterocycles. The van der Waals surface area contributed by atoms with Crippen LogP contribution in [0.25, 0.3) is 0 Å². The van der Waals surface area contributed by atoms with Gasteiger partial charge in [-0.1, -0.05) is 0 Å². The molecule has 0 spiro atoms. The van der Waals surface area contributed by atoms with Crippen LogP contribution in [0.15, 0.2) is 0 Å². The van der Waals surface area contributed by atoms with Crippen LogP contribution in [0.4, 0.5) is 0 Å². The van der Waals surface area contributed by atoms with Gasteiger partial charge in [0.15, 0.2) is 0 Å². The maximum atomic E-state index is 12.3. The lowest BCUT2D eigenvalue weighted by Gasteiger charge is -2.42. The molecule has 1 saturated carbocycles. The van der Waals surface area contributed by atoms with Crippen LogP contribution >= 0.6 is 0 Å². The molecule has 1 N–H and O–H groups in total. The average molecular weight is 284 g/mol. The Kier molecular flexibility index (Phi) is 4.72. The van der Waals surface area contributed by atoms with Gasteiger partial charge in [0.1, 0.15) is 5.54 Å². The molecule has 0 amide bonds. The number of carbonyl (C=O) groups is 1. The first kappa shape index (κ1) is 15.7. The fourth-order valence-corrected chi connectivity index (χ4v) is 2.83. The third kappa shape index (κ3) is 4.17. The first-order valence-electron chi connectivity index (χ1n) is 7.66. The molecule has 5 nitrogen and oxygen atoms in total. The lowest BCUT2D eigenvalue weighted by Crippen LogP contribution is -2.61. The van der Waals surface area contributed by atoms with Gasteiger partial charge < -0.3 is 9.47 Å². The van der Waals surface area contributed by atoms with Gasteiger partial charge in [-0.3, -0.25) is 15.0 Å². The highest BCUT2D eigenvalue weighted by atomic mass is 16.5. The van der Waals surface area contributed by atoms with Gasteiger partial charge in [0.2, 0.25) is 0 Å². The summed E-state index contributed by atoms with van der Waals surface area (Å²) >= 11 is 0. The summed E-state index contributed by atoms with van der Waals surface area (Å²) in [5, 5.41) is 3.47. The normalized spacial score (nSPS) is 26.0. The molecular weight excluding hydrogens is 256 g/mol. The zero-order chi connectivity index (χ0) is 14.8. The number of carbonyl (C=O) groups excluding carboxylic acids is 1. The van der Waals surface area contributed by atoms with Crippen molar-refractivity contribution in [3.8, 4) is 0 Å². The van der Waals surface area contributed by atoms with Gasteiger partial charge in [-0.2, -0.15) is 0 Å². The minimum absolute atomic E-state index is 0.142. The van der Waals surface area contributed by atoms with E-state index in [2.05, 4.69) is 24.1 Å². The van der Waals surface area contributed by atoms with Crippen molar-refractivity contribution in [3.05, 3.63) is 0 Å². The SMILES string of the molecule is CCOC(=O)C(C)(CN1CCOC(C)(C)C1)NC1CC1. The Labute approximate surface area is 122 Å². The highest BCUT2D eigenvalue weighted by Gasteiger charge is 2.42. The molecular formula is C15H28N2O3. The Bertz CT molecular complexity index is 355. The second-order valence-corrected chi connectivity index (χ2v) is 6.79. The highest BCUT2D eigenvalue weighted by molar-refractivity contribution is 5.80. The molecule has 2 fully saturated rings. The smallest absolute Gasteiger partial charge is 0.327 e. The van der Waals surface area contributed by atoms with E-state index in [0.717, 1.165) is 32.5 Å². The lowest BCUT2D eigenvalue weighted by molar-refractivity contribution is -0.153. The number of hydrogen-bond donors (Lipinski definition) is 1. The van der Waals surface area contributed by atoms with E-state index in [1.807, 2.05) is 13.8 Å². The monoisotopic (exact) mass is 284 g/mol. The summed E-state index contributed by atoms with van der Waals surface area (Å²) < 4.78 is 11.0. The highest BCUT2D eigenvalue weighted by Crippen LogP contribution is 2.25. The van der Waals surface area contributed by atoms with E-state index in [0.29, 0.717) is 19.2 Å². The van der Waals surface area contributed by atoms with Crippen LogP contribution in [0.1, 0.15) is 40.5 Å². The van der Waals surface area contributed by atoms with Gasteiger partial charge in [0.25, 0.3) is 0 Å². The van der Waals surface area contributed by atoms with Crippen LogP contribution in [-0.4, -0.2) is 60.9 Å². The fourth-order valence-electron chi connectivity index (χ4n) is 2.83. The van der Waals surface area contributed by atoms with Crippen molar-refractivity contribution >= 4 is 5.97 Å². The summed E-state index contributed by atoms with van der Waals surface area (Å²) in [5.41, 5.74) is -0.766. The maximum Gasteiger partial charge on any atom is 0.327 e. The summed E-state index contributed by atoms with van der Waals surface area (Å²) in [5.74, 6) is -0.142. The molecule has 116 valence electrons. The molecule has 1 saturated heterocycles. The Hall–Kier alpha value is -0.650. The van der Waals surface area contributed by atoms with Gasteiger partial charge in [-0.25, -0.2) is 0 Å². The predicted molar refractivity (Wildman–Crippen MR) is 77.7 cm³/mol. The van der Waals surface area contributed by atoms with E-state index in [9.17, 15) is 4.79 Å². The Morgan fingerprint density at radius 1 is 1.50 bits per heavy atom. The zero-order valence-electron chi connectivity index (χ0n) is 13.2. The Morgan fingerprint density at radius 2 is 2.20 bits per heavy atom. The van der Waals surface area contributed by atoms with Crippen molar-refractivity contribution in [2.24, 2.45) is 0 Å². The van der Waals surface area contributed by atoms with Crippen molar-refractivity contribution in [1.82, 2.24) is 10.2 Å². The Morgan fingerprint density at radius 3 is 2.75 bits per heavy atom. The molecule has 0 bridgehead atoms. The van der Waals surface area contributed by atoms with E-state index in [-0.39, 0.29) is 11.6 Å². The van der Waals surface area contributed by atoms with E-state index in [4.69, 9.17) is 9.47 Å². The van der Waals surface area contributed by atoms with Gasteiger partial charge in [0, 0.05) is 25.7 Å². The number of nitrogens with one attached hydrogen (secondary N) is 1. The van der Waals surface area contributed by atoms with Gasteiger partial charge in [0.05, 0.1) is 18.8 Å². The number of ether oxygens (including phenoxy) is 2. The van der Waals surface area contributed by atoms with Crippen LogP contribution in [0, 0.1) is 0 Å². The molecule has 2 aliphatic rings. The molecule has 1 aliphatic carbocycles. The molecule has 1 aliphatic heterocycles. The summed E-state index contributed by atoms with van der Waals surface area (Å²) in [6, 6.07) is 0.471. The molecule has 5 heteroatoms. The summed E-state index contributed by atoms with van der Waals surface area (Å²) in [4.78, 5) is 14.6. The van der Waals surface area contributed by atoms with Gasteiger partial charge >= 0.3 is 5.97 Å². The molecule has 1 unspecified atom stereocenters. The molecule has 0 aromatic carbocycles. The average Bonchev–Trinajstić information content (AvgIpc) is 3.11. The van der Waals surface area contributed by atoms with Crippen molar-refractivity contribution < 1.29 is 14.3 Å². The number of morpholine rings is 1. The van der Waals surface area contributed by atoms with Crippen LogP contribution in [-0.2, 0) is 14.3 Å². The van der Waals surface area contributed by atoms with E-state index >= 15 is 0 Å². The van der Waals surface area contributed by atoms with Crippen molar-refractivity contribution in [3.63, 3.8) is 0 Å².